The Morgan fingerprint density at radius 3 is 2.20 bits per heavy atom. The number of carboxylic acid groups (broad SMARTS) is 1. The van der Waals surface area contributed by atoms with Crippen LogP contribution in [0.25, 0.3) is 11.1 Å². The number of nitrogens with zero attached hydrogens (tertiary/aromatic N) is 1. The van der Waals surface area contributed by atoms with Crippen LogP contribution in [0.3, 0.4) is 0 Å². The first-order valence-corrected chi connectivity index (χ1v) is 5.73. The number of pyridine rings is 1. The van der Waals surface area contributed by atoms with Crippen LogP contribution in [-0.2, 0) is 6.18 Å². The first-order chi connectivity index (χ1) is 9.29. The van der Waals surface area contributed by atoms with Crippen LogP contribution in [-0.4, -0.2) is 16.1 Å². The van der Waals surface area contributed by atoms with Crippen molar-refractivity contribution in [3.63, 3.8) is 0 Å². The van der Waals surface area contributed by atoms with Gasteiger partial charge in [-0.2, -0.15) is 13.2 Å². The van der Waals surface area contributed by atoms with Gasteiger partial charge >= 0.3 is 12.1 Å². The van der Waals surface area contributed by atoms with Crippen molar-refractivity contribution in [1.82, 2.24) is 4.98 Å². The lowest BCUT2D eigenvalue weighted by molar-refractivity contribution is -0.137. The number of hydrogen-bond donors (Lipinski definition) is 1. The van der Waals surface area contributed by atoms with E-state index in [9.17, 15) is 18.0 Å². The molecule has 20 heavy (non-hydrogen) atoms. The smallest absolute Gasteiger partial charge is 0.416 e. The third-order valence-corrected chi connectivity index (χ3v) is 2.88. The standard InChI is InChI=1S/C13H7ClF3NO2/c14-10-5-8(6-18-11(10)12(19)20)7-1-3-9(4-2-7)13(15,16)17/h1-6H,(H,19,20). The van der Waals surface area contributed by atoms with Gasteiger partial charge in [0.15, 0.2) is 5.69 Å². The minimum Gasteiger partial charge on any atom is -0.476 e. The average Bonchev–Trinajstić information content (AvgIpc) is 2.37. The van der Waals surface area contributed by atoms with Crippen molar-refractivity contribution in [2.45, 2.75) is 6.18 Å². The van der Waals surface area contributed by atoms with Crippen LogP contribution in [0.1, 0.15) is 16.1 Å². The number of halogens is 4. The van der Waals surface area contributed by atoms with Crippen LogP contribution < -0.4 is 0 Å². The maximum atomic E-state index is 12.4. The van der Waals surface area contributed by atoms with Gasteiger partial charge in [-0.3, -0.25) is 0 Å². The average molecular weight is 302 g/mol. The molecular weight excluding hydrogens is 295 g/mol. The molecule has 2 rings (SSSR count). The summed E-state index contributed by atoms with van der Waals surface area (Å²) in [5.41, 5.74) is -0.164. The van der Waals surface area contributed by atoms with Gasteiger partial charge < -0.3 is 5.11 Å². The van der Waals surface area contributed by atoms with Gasteiger partial charge in [-0.05, 0) is 23.8 Å². The van der Waals surface area contributed by atoms with Crippen molar-refractivity contribution in [2.24, 2.45) is 0 Å². The topological polar surface area (TPSA) is 50.2 Å². The molecule has 0 aliphatic rings. The second-order valence-corrected chi connectivity index (χ2v) is 4.34. The second-order valence-electron chi connectivity index (χ2n) is 3.93. The molecule has 0 saturated heterocycles. The molecule has 0 amide bonds. The zero-order valence-electron chi connectivity index (χ0n) is 9.78. The van der Waals surface area contributed by atoms with E-state index in [0.29, 0.717) is 11.1 Å². The van der Waals surface area contributed by atoms with Crippen LogP contribution in [0.4, 0.5) is 13.2 Å². The van der Waals surface area contributed by atoms with Gasteiger partial charge in [0.1, 0.15) is 0 Å². The second kappa shape index (κ2) is 5.13. The molecule has 0 bridgehead atoms. The molecule has 1 heterocycles. The van der Waals surface area contributed by atoms with E-state index in [1.165, 1.54) is 24.4 Å². The van der Waals surface area contributed by atoms with Crippen LogP contribution in [0.15, 0.2) is 36.5 Å². The first-order valence-electron chi connectivity index (χ1n) is 5.35. The minimum absolute atomic E-state index is 0.0742. The van der Waals surface area contributed by atoms with E-state index in [0.717, 1.165) is 12.1 Å². The van der Waals surface area contributed by atoms with Crippen molar-refractivity contribution in [1.29, 1.82) is 0 Å². The molecule has 2 aromatic rings. The van der Waals surface area contributed by atoms with E-state index in [4.69, 9.17) is 16.7 Å². The number of hydrogen-bond acceptors (Lipinski definition) is 2. The Labute approximate surface area is 116 Å². The van der Waals surface area contributed by atoms with Crippen molar-refractivity contribution in [3.05, 3.63) is 52.8 Å². The number of aromatic nitrogens is 1. The molecule has 0 atom stereocenters. The largest absolute Gasteiger partial charge is 0.476 e. The molecule has 1 aromatic carbocycles. The van der Waals surface area contributed by atoms with Crippen LogP contribution >= 0.6 is 11.6 Å². The normalized spacial score (nSPS) is 11.4. The van der Waals surface area contributed by atoms with Crippen molar-refractivity contribution < 1.29 is 23.1 Å². The molecule has 0 fully saturated rings. The Balaban J connectivity index is 2.37. The molecule has 0 unspecified atom stereocenters. The molecular formula is C13H7ClF3NO2. The van der Waals surface area contributed by atoms with Gasteiger partial charge in [0.2, 0.25) is 0 Å². The predicted molar refractivity (Wildman–Crippen MR) is 66.6 cm³/mol. The molecule has 1 aromatic heterocycles. The highest BCUT2D eigenvalue weighted by Crippen LogP contribution is 2.31. The highest BCUT2D eigenvalue weighted by molar-refractivity contribution is 6.33. The van der Waals surface area contributed by atoms with E-state index in [1.807, 2.05) is 0 Å². The molecule has 0 saturated carbocycles. The summed E-state index contributed by atoms with van der Waals surface area (Å²) in [7, 11) is 0. The lowest BCUT2D eigenvalue weighted by atomic mass is 10.1. The van der Waals surface area contributed by atoms with Gasteiger partial charge in [0.05, 0.1) is 10.6 Å². The Morgan fingerprint density at radius 1 is 1.15 bits per heavy atom. The predicted octanol–water partition coefficient (Wildman–Crippen LogP) is 4.12. The van der Waals surface area contributed by atoms with Crippen molar-refractivity contribution in [3.8, 4) is 11.1 Å². The van der Waals surface area contributed by atoms with E-state index < -0.39 is 17.7 Å². The molecule has 0 aliphatic carbocycles. The molecule has 0 spiro atoms. The van der Waals surface area contributed by atoms with Crippen molar-refractivity contribution in [2.75, 3.05) is 0 Å². The van der Waals surface area contributed by atoms with E-state index in [1.54, 1.807) is 0 Å². The van der Waals surface area contributed by atoms with Crippen LogP contribution in [0, 0.1) is 0 Å². The maximum absolute atomic E-state index is 12.4. The number of alkyl halides is 3. The highest BCUT2D eigenvalue weighted by Gasteiger charge is 2.30. The number of benzene rings is 1. The van der Waals surface area contributed by atoms with Gasteiger partial charge in [-0.25, -0.2) is 9.78 Å². The van der Waals surface area contributed by atoms with E-state index in [-0.39, 0.29) is 10.7 Å². The number of carbonyl (C=O) groups is 1. The highest BCUT2D eigenvalue weighted by atomic mass is 35.5. The SMILES string of the molecule is O=C(O)c1ncc(-c2ccc(C(F)(F)F)cc2)cc1Cl. The number of aromatic carboxylic acids is 1. The Kier molecular flexibility index (Phi) is 3.67. The van der Waals surface area contributed by atoms with E-state index in [2.05, 4.69) is 4.98 Å². The molecule has 1 N–H and O–H groups in total. The number of rotatable bonds is 2. The van der Waals surface area contributed by atoms with Gasteiger partial charge in [-0.15, -0.1) is 0 Å². The Hall–Kier alpha value is -2.08. The molecule has 3 nitrogen and oxygen atoms in total. The molecule has 0 aliphatic heterocycles. The summed E-state index contributed by atoms with van der Waals surface area (Å²) in [6.07, 6.45) is -3.15. The van der Waals surface area contributed by atoms with Crippen molar-refractivity contribution >= 4 is 17.6 Å². The summed E-state index contributed by atoms with van der Waals surface area (Å²) in [4.78, 5) is 14.4. The van der Waals surface area contributed by atoms with Gasteiger partial charge in [0.25, 0.3) is 0 Å². The van der Waals surface area contributed by atoms with Crippen LogP contribution in [0.5, 0.6) is 0 Å². The summed E-state index contributed by atoms with van der Waals surface area (Å²) in [5, 5.41) is 8.71. The lowest BCUT2D eigenvalue weighted by Gasteiger charge is -2.08. The molecule has 0 radical (unpaired) electrons. The quantitative estimate of drug-likeness (QED) is 0.907. The lowest BCUT2D eigenvalue weighted by Crippen LogP contribution is -2.04. The zero-order valence-corrected chi connectivity index (χ0v) is 10.5. The summed E-state index contributed by atoms with van der Waals surface area (Å²) < 4.78 is 37.3. The Bertz CT molecular complexity index is 654. The van der Waals surface area contributed by atoms with Gasteiger partial charge in [-0.1, -0.05) is 23.7 Å². The monoisotopic (exact) mass is 301 g/mol. The van der Waals surface area contributed by atoms with Gasteiger partial charge in [0, 0.05) is 11.8 Å². The minimum atomic E-state index is -4.40. The fourth-order valence-corrected chi connectivity index (χ4v) is 1.85. The fraction of sp³-hybridized carbons (Fsp3) is 0.0769. The fourth-order valence-electron chi connectivity index (χ4n) is 1.60. The molecule has 104 valence electrons. The summed E-state index contributed by atoms with van der Waals surface area (Å²) in [6, 6.07) is 5.77. The third-order valence-electron chi connectivity index (χ3n) is 2.59. The third kappa shape index (κ3) is 2.91. The zero-order chi connectivity index (χ0) is 14.9. The maximum Gasteiger partial charge on any atom is 0.416 e. The van der Waals surface area contributed by atoms with Crippen LogP contribution in [0.2, 0.25) is 5.02 Å². The Morgan fingerprint density at radius 2 is 1.75 bits per heavy atom. The first kappa shape index (κ1) is 14.3. The molecule has 7 heteroatoms. The summed E-state index contributed by atoms with van der Waals surface area (Å²) >= 11 is 5.75. The van der Waals surface area contributed by atoms with E-state index >= 15 is 0 Å². The summed E-state index contributed by atoms with van der Waals surface area (Å²) in [5.74, 6) is -1.27. The number of carboxylic acids is 1. The summed E-state index contributed by atoms with van der Waals surface area (Å²) in [6.45, 7) is 0.